The molecule has 0 aliphatic rings. The summed E-state index contributed by atoms with van der Waals surface area (Å²) in [6, 6.07) is 11.0. The van der Waals surface area contributed by atoms with Crippen LogP contribution in [0, 0.1) is 0 Å². The van der Waals surface area contributed by atoms with Gasteiger partial charge in [0.2, 0.25) is 0 Å². The summed E-state index contributed by atoms with van der Waals surface area (Å²) in [5.74, 6) is 2.26. The van der Waals surface area contributed by atoms with Crippen LogP contribution in [0.15, 0.2) is 36.4 Å². The molecule has 0 aliphatic carbocycles. The van der Waals surface area contributed by atoms with E-state index in [0.717, 1.165) is 17.5 Å². The fraction of sp³-hybridized carbons (Fsp3) is 0.350. The number of hydrogen-bond acceptors (Lipinski definition) is 5. The van der Waals surface area contributed by atoms with E-state index >= 15 is 0 Å². The number of carbonyl (C=O) groups excluding carboxylic acids is 1. The summed E-state index contributed by atoms with van der Waals surface area (Å²) in [5, 5.41) is 0.923. The average Bonchev–Trinajstić information content (AvgIpc) is 2.67. The van der Waals surface area contributed by atoms with Crippen LogP contribution < -0.4 is 43.1 Å². The number of benzene rings is 2. The number of methoxy groups -OCH3 is 3. The van der Waals surface area contributed by atoms with Gasteiger partial charge in [-0.2, -0.15) is 0 Å². The van der Waals surface area contributed by atoms with Crippen molar-refractivity contribution in [2.45, 2.75) is 26.4 Å². The van der Waals surface area contributed by atoms with E-state index in [0.29, 0.717) is 22.8 Å². The van der Waals surface area contributed by atoms with Crippen molar-refractivity contribution in [3.63, 3.8) is 0 Å². The third kappa shape index (κ3) is 6.18. The Hall–Kier alpha value is -1.66. The van der Waals surface area contributed by atoms with Crippen LogP contribution in [0.25, 0.3) is 0 Å². The van der Waals surface area contributed by atoms with Crippen molar-refractivity contribution in [1.29, 1.82) is 0 Å². The Bertz CT molecular complexity index is 724. The summed E-state index contributed by atoms with van der Waals surface area (Å²) < 4.78 is 21.7. The van der Waals surface area contributed by atoms with Gasteiger partial charge in [-0.25, -0.2) is 0 Å². The predicted molar refractivity (Wildman–Crippen MR) is 105 cm³/mol. The van der Waals surface area contributed by atoms with Gasteiger partial charge in [0.25, 0.3) is 0 Å². The fourth-order valence-electron chi connectivity index (χ4n) is 2.36. The van der Waals surface area contributed by atoms with E-state index in [4.69, 9.17) is 18.9 Å². The molecule has 0 amide bonds. The normalized spacial score (nSPS) is 11.6. The van der Waals surface area contributed by atoms with Gasteiger partial charge in [-0.3, -0.25) is 4.79 Å². The molecular formula is C20H25LiO5P+. The molecule has 7 heteroatoms. The van der Waals surface area contributed by atoms with Crippen LogP contribution in [0.3, 0.4) is 0 Å². The second-order valence-corrected chi connectivity index (χ2v) is 7.00. The van der Waals surface area contributed by atoms with E-state index < -0.39 is 0 Å². The van der Waals surface area contributed by atoms with E-state index in [1.165, 1.54) is 14.2 Å². The molecule has 0 fully saturated rings. The summed E-state index contributed by atoms with van der Waals surface area (Å²) in [7, 11) is 4.55. The van der Waals surface area contributed by atoms with E-state index in [9.17, 15) is 4.79 Å². The van der Waals surface area contributed by atoms with Gasteiger partial charge < -0.3 is 18.9 Å². The molecule has 140 valence electrons. The Balaban J connectivity index is 0.00000364. The largest absolute Gasteiger partial charge is 1.00 e. The van der Waals surface area contributed by atoms with Crippen LogP contribution in [0.2, 0.25) is 0 Å². The first-order chi connectivity index (χ1) is 12.5. The summed E-state index contributed by atoms with van der Waals surface area (Å²) in [6.45, 7) is 4.11. The number of rotatable bonds is 9. The maximum atomic E-state index is 12.9. The second-order valence-electron chi connectivity index (χ2n) is 5.72. The molecule has 2 aromatic carbocycles. The van der Waals surface area contributed by atoms with Gasteiger partial charge in [-0.05, 0) is 39.4 Å². The van der Waals surface area contributed by atoms with Crippen molar-refractivity contribution < 1.29 is 42.6 Å². The summed E-state index contributed by atoms with van der Waals surface area (Å²) in [6.07, 6.45) is 1.11. The van der Waals surface area contributed by atoms with Crippen LogP contribution in [-0.4, -0.2) is 33.0 Å². The topological polar surface area (TPSA) is 54.0 Å². The molecule has 0 aromatic heterocycles. The standard InChI is InChI=1S/C20H25O5P.Li/c1-6-13(2)25-14-7-9-16(10-8-14)26-20(21)19-17(23-4)11-15(22-3)12-18(19)24-5;/h7-13,26H,6H2,1-5H3;/q;+1. The van der Waals surface area contributed by atoms with Gasteiger partial charge in [0.05, 0.1) is 27.4 Å². The molecule has 5 nitrogen and oxygen atoms in total. The molecule has 2 aromatic rings. The Morgan fingerprint density at radius 1 is 0.963 bits per heavy atom. The van der Waals surface area contributed by atoms with Gasteiger partial charge in [-0.15, -0.1) is 0 Å². The summed E-state index contributed by atoms with van der Waals surface area (Å²) in [4.78, 5) is 12.9. The molecule has 0 radical (unpaired) electrons. The van der Waals surface area contributed by atoms with Crippen molar-refractivity contribution in [1.82, 2.24) is 0 Å². The third-order valence-electron chi connectivity index (χ3n) is 3.97. The maximum absolute atomic E-state index is 12.9. The van der Waals surface area contributed by atoms with Crippen molar-refractivity contribution in [2.24, 2.45) is 0 Å². The first kappa shape index (κ1) is 23.4. The van der Waals surface area contributed by atoms with Gasteiger partial charge in [0.1, 0.15) is 28.6 Å². The zero-order chi connectivity index (χ0) is 19.1. The zero-order valence-corrected chi connectivity index (χ0v) is 17.8. The van der Waals surface area contributed by atoms with E-state index in [1.807, 2.05) is 31.2 Å². The van der Waals surface area contributed by atoms with Gasteiger partial charge in [0, 0.05) is 12.1 Å². The molecule has 0 heterocycles. The third-order valence-corrected chi connectivity index (χ3v) is 5.07. The summed E-state index contributed by atoms with van der Waals surface area (Å²) in [5.41, 5.74) is 0.367. The van der Waals surface area contributed by atoms with E-state index in [-0.39, 0.29) is 39.1 Å². The van der Waals surface area contributed by atoms with E-state index in [1.54, 1.807) is 19.2 Å². The fourth-order valence-corrected chi connectivity index (χ4v) is 3.32. The van der Waals surface area contributed by atoms with Crippen molar-refractivity contribution >= 4 is 19.4 Å². The molecule has 0 bridgehead atoms. The Kier molecular flexibility index (Phi) is 9.73. The quantitative estimate of drug-likeness (QED) is 0.479. The monoisotopic (exact) mass is 383 g/mol. The number of hydrogen-bond donors (Lipinski definition) is 0. The van der Waals surface area contributed by atoms with Crippen LogP contribution in [0.4, 0.5) is 0 Å². The van der Waals surface area contributed by atoms with Gasteiger partial charge >= 0.3 is 18.9 Å². The number of carbonyl (C=O) groups is 1. The van der Waals surface area contributed by atoms with Gasteiger partial charge in [0.15, 0.2) is 5.52 Å². The predicted octanol–water partition coefficient (Wildman–Crippen LogP) is 1.04. The molecule has 0 N–H and O–H groups in total. The Morgan fingerprint density at radius 3 is 1.96 bits per heavy atom. The first-order valence-corrected chi connectivity index (χ1v) is 9.40. The van der Waals surface area contributed by atoms with Crippen LogP contribution >= 0.6 is 8.58 Å². The van der Waals surface area contributed by atoms with Gasteiger partial charge in [-0.1, -0.05) is 19.1 Å². The molecule has 0 saturated heterocycles. The SMILES string of the molecule is CCC(C)Oc1ccc(PC(=O)c2c(OC)cc(OC)cc2OC)cc1.[Li+]. The molecular weight excluding hydrogens is 358 g/mol. The summed E-state index contributed by atoms with van der Waals surface area (Å²) >= 11 is 0. The molecule has 2 rings (SSSR count). The van der Waals surface area contributed by atoms with Crippen molar-refractivity contribution in [3.8, 4) is 23.0 Å². The minimum atomic E-state index is -0.0584. The molecule has 2 atom stereocenters. The molecule has 0 spiro atoms. The second kappa shape index (κ2) is 11.2. The molecule has 2 unspecified atom stereocenters. The minimum absolute atomic E-state index is 0. The van der Waals surface area contributed by atoms with Crippen LogP contribution in [-0.2, 0) is 0 Å². The molecule has 27 heavy (non-hydrogen) atoms. The Labute approximate surface area is 174 Å². The number of ether oxygens (including phenoxy) is 4. The Morgan fingerprint density at radius 2 is 1.52 bits per heavy atom. The molecule has 0 saturated carbocycles. The average molecular weight is 383 g/mol. The van der Waals surface area contributed by atoms with E-state index in [2.05, 4.69) is 6.92 Å². The van der Waals surface area contributed by atoms with Crippen LogP contribution in [0.5, 0.6) is 23.0 Å². The van der Waals surface area contributed by atoms with Crippen molar-refractivity contribution in [2.75, 3.05) is 21.3 Å². The van der Waals surface area contributed by atoms with Crippen LogP contribution in [0.1, 0.15) is 30.6 Å². The minimum Gasteiger partial charge on any atom is -0.496 e. The van der Waals surface area contributed by atoms with Crippen molar-refractivity contribution in [3.05, 3.63) is 42.0 Å². The maximum Gasteiger partial charge on any atom is 1.00 e. The smallest absolute Gasteiger partial charge is 0.496 e. The zero-order valence-electron chi connectivity index (χ0n) is 16.8. The molecule has 0 aliphatic heterocycles. The first-order valence-electron chi connectivity index (χ1n) is 8.40.